The molecule has 2 heterocycles. The van der Waals surface area contributed by atoms with Crippen LogP contribution in [-0.2, 0) is 16.1 Å². The number of ether oxygens (including phenoxy) is 1. The van der Waals surface area contributed by atoms with Gasteiger partial charge < -0.3 is 9.64 Å². The lowest BCUT2D eigenvalue weighted by atomic mass is 10.1. The summed E-state index contributed by atoms with van der Waals surface area (Å²) in [4.78, 5) is 18.3. The van der Waals surface area contributed by atoms with Gasteiger partial charge in [-0.1, -0.05) is 13.0 Å². The number of carbonyl (C=O) groups is 1. The fourth-order valence-electron chi connectivity index (χ4n) is 2.38. The smallest absolute Gasteiger partial charge is 0.232 e. The van der Waals surface area contributed by atoms with Crippen LogP contribution in [0, 0.1) is 0 Å². The van der Waals surface area contributed by atoms with E-state index in [9.17, 15) is 4.79 Å². The van der Waals surface area contributed by atoms with Crippen LogP contribution in [0.4, 0.5) is 0 Å². The van der Waals surface area contributed by atoms with Crippen molar-refractivity contribution in [3.8, 4) is 0 Å². The summed E-state index contributed by atoms with van der Waals surface area (Å²) in [6.07, 6.45) is 5.09. The van der Waals surface area contributed by atoms with Crippen LogP contribution < -0.4 is 0 Å². The highest BCUT2D eigenvalue weighted by atomic mass is 32.2. The van der Waals surface area contributed by atoms with Crippen molar-refractivity contribution in [2.45, 2.75) is 38.9 Å². The Balaban J connectivity index is 1.74. The molecule has 0 aliphatic carbocycles. The highest BCUT2D eigenvalue weighted by molar-refractivity contribution is 7.99. The SMILES string of the molecule is CCCSCC(=O)N1CCC[C@@H](OCc2ccccn2)C1. The van der Waals surface area contributed by atoms with E-state index in [-0.39, 0.29) is 12.0 Å². The average Bonchev–Trinajstić information content (AvgIpc) is 2.54. The summed E-state index contributed by atoms with van der Waals surface area (Å²) >= 11 is 1.72. The zero-order valence-corrected chi connectivity index (χ0v) is 13.5. The molecule has 0 unspecified atom stereocenters. The van der Waals surface area contributed by atoms with Crippen LogP contribution in [-0.4, -0.2) is 46.5 Å². The first-order valence-electron chi connectivity index (χ1n) is 7.66. The van der Waals surface area contributed by atoms with E-state index in [0.29, 0.717) is 12.4 Å². The van der Waals surface area contributed by atoms with E-state index < -0.39 is 0 Å². The standard InChI is InChI=1S/C16H24N2O2S/c1-2-10-21-13-16(19)18-9-5-7-15(11-18)20-12-14-6-3-4-8-17-14/h3-4,6,8,15H,2,5,7,9-13H2,1H3/t15-/m1/s1. The van der Waals surface area contributed by atoms with Gasteiger partial charge in [0.05, 0.1) is 24.2 Å². The Bertz CT molecular complexity index is 428. The fraction of sp³-hybridized carbons (Fsp3) is 0.625. The molecule has 2 rings (SSSR count). The maximum atomic E-state index is 12.1. The molecule has 0 radical (unpaired) electrons. The minimum Gasteiger partial charge on any atom is -0.370 e. The molecule has 1 aliphatic rings. The quantitative estimate of drug-likeness (QED) is 0.726. The highest BCUT2D eigenvalue weighted by Crippen LogP contribution is 2.16. The Morgan fingerprint density at radius 2 is 2.43 bits per heavy atom. The summed E-state index contributed by atoms with van der Waals surface area (Å²) in [5.74, 6) is 1.90. The van der Waals surface area contributed by atoms with Gasteiger partial charge in [0.25, 0.3) is 0 Å². The van der Waals surface area contributed by atoms with Crippen molar-refractivity contribution in [2.24, 2.45) is 0 Å². The molecule has 1 aromatic heterocycles. The first-order valence-corrected chi connectivity index (χ1v) is 8.82. The Hall–Kier alpha value is -1.07. The van der Waals surface area contributed by atoms with Crippen molar-refractivity contribution in [1.29, 1.82) is 0 Å². The lowest BCUT2D eigenvalue weighted by Gasteiger charge is -2.32. The number of pyridine rings is 1. The number of amides is 1. The van der Waals surface area contributed by atoms with E-state index in [1.165, 1.54) is 0 Å². The predicted octanol–water partition coefficient (Wildman–Crippen LogP) is 2.73. The molecule has 0 aromatic carbocycles. The van der Waals surface area contributed by atoms with Gasteiger partial charge in [-0.2, -0.15) is 11.8 Å². The van der Waals surface area contributed by atoms with Gasteiger partial charge in [-0.25, -0.2) is 0 Å². The van der Waals surface area contributed by atoms with Crippen molar-refractivity contribution in [3.05, 3.63) is 30.1 Å². The van der Waals surface area contributed by atoms with E-state index in [1.54, 1.807) is 18.0 Å². The van der Waals surface area contributed by atoms with Crippen molar-refractivity contribution >= 4 is 17.7 Å². The summed E-state index contributed by atoms with van der Waals surface area (Å²) in [5, 5.41) is 0. The molecule has 21 heavy (non-hydrogen) atoms. The van der Waals surface area contributed by atoms with Gasteiger partial charge in [-0.3, -0.25) is 9.78 Å². The third-order valence-electron chi connectivity index (χ3n) is 3.50. The van der Waals surface area contributed by atoms with E-state index in [0.717, 1.165) is 43.8 Å². The lowest BCUT2D eigenvalue weighted by Crippen LogP contribution is -2.44. The molecule has 1 fully saturated rings. The number of aromatic nitrogens is 1. The lowest BCUT2D eigenvalue weighted by molar-refractivity contribution is -0.132. The second-order valence-electron chi connectivity index (χ2n) is 5.29. The number of thioether (sulfide) groups is 1. The molecule has 0 N–H and O–H groups in total. The van der Waals surface area contributed by atoms with Crippen molar-refractivity contribution < 1.29 is 9.53 Å². The van der Waals surface area contributed by atoms with E-state index in [1.807, 2.05) is 23.1 Å². The monoisotopic (exact) mass is 308 g/mol. The van der Waals surface area contributed by atoms with Gasteiger partial charge in [-0.15, -0.1) is 0 Å². The summed E-state index contributed by atoms with van der Waals surface area (Å²) in [5.41, 5.74) is 0.944. The minimum absolute atomic E-state index is 0.140. The number of likely N-dealkylation sites (tertiary alicyclic amines) is 1. The Kier molecular flexibility index (Phi) is 7.03. The maximum absolute atomic E-state index is 12.1. The number of hydrogen-bond acceptors (Lipinski definition) is 4. The second kappa shape index (κ2) is 9.05. The molecule has 116 valence electrons. The van der Waals surface area contributed by atoms with Crippen molar-refractivity contribution in [2.75, 3.05) is 24.6 Å². The maximum Gasteiger partial charge on any atom is 0.232 e. The molecular formula is C16H24N2O2S. The molecule has 1 amide bonds. The summed E-state index contributed by atoms with van der Waals surface area (Å²) in [6.45, 7) is 4.26. The molecule has 1 aliphatic heterocycles. The van der Waals surface area contributed by atoms with Crippen LogP contribution in [0.2, 0.25) is 0 Å². The molecule has 1 aromatic rings. The van der Waals surface area contributed by atoms with Gasteiger partial charge in [0.15, 0.2) is 0 Å². The topological polar surface area (TPSA) is 42.4 Å². The van der Waals surface area contributed by atoms with E-state index in [2.05, 4.69) is 11.9 Å². The van der Waals surface area contributed by atoms with Gasteiger partial charge in [0.1, 0.15) is 0 Å². The average molecular weight is 308 g/mol. The van der Waals surface area contributed by atoms with Gasteiger partial charge in [0, 0.05) is 19.3 Å². The van der Waals surface area contributed by atoms with Crippen LogP contribution in [0.15, 0.2) is 24.4 Å². The molecule has 1 saturated heterocycles. The first-order chi connectivity index (χ1) is 10.3. The molecule has 0 bridgehead atoms. The van der Waals surface area contributed by atoms with Gasteiger partial charge >= 0.3 is 0 Å². The third kappa shape index (κ3) is 5.67. The van der Waals surface area contributed by atoms with Crippen molar-refractivity contribution in [1.82, 2.24) is 9.88 Å². The Labute approximate surface area is 131 Å². The molecule has 0 spiro atoms. The molecule has 1 atom stereocenters. The van der Waals surface area contributed by atoms with Gasteiger partial charge in [-0.05, 0) is 37.1 Å². The van der Waals surface area contributed by atoms with Crippen LogP contribution in [0.1, 0.15) is 31.9 Å². The number of nitrogens with zero attached hydrogens (tertiary/aromatic N) is 2. The second-order valence-corrected chi connectivity index (χ2v) is 6.39. The zero-order valence-electron chi connectivity index (χ0n) is 12.7. The predicted molar refractivity (Wildman–Crippen MR) is 86.2 cm³/mol. The largest absolute Gasteiger partial charge is 0.370 e. The highest BCUT2D eigenvalue weighted by Gasteiger charge is 2.23. The van der Waals surface area contributed by atoms with Crippen LogP contribution >= 0.6 is 11.8 Å². The summed E-state index contributed by atoms with van der Waals surface area (Å²) in [7, 11) is 0. The van der Waals surface area contributed by atoms with Gasteiger partial charge in [0.2, 0.25) is 5.91 Å². The van der Waals surface area contributed by atoms with Crippen LogP contribution in [0.25, 0.3) is 0 Å². The molecular weight excluding hydrogens is 284 g/mol. The Morgan fingerprint density at radius 1 is 1.52 bits per heavy atom. The molecule has 0 saturated carbocycles. The number of rotatable bonds is 7. The first kappa shape index (κ1) is 16.3. The zero-order chi connectivity index (χ0) is 14.9. The van der Waals surface area contributed by atoms with E-state index >= 15 is 0 Å². The summed E-state index contributed by atoms with van der Waals surface area (Å²) < 4.78 is 5.91. The van der Waals surface area contributed by atoms with Crippen LogP contribution in [0.3, 0.4) is 0 Å². The number of carbonyl (C=O) groups excluding carboxylic acids is 1. The Morgan fingerprint density at radius 3 is 3.19 bits per heavy atom. The molecule has 5 heteroatoms. The van der Waals surface area contributed by atoms with Crippen LogP contribution in [0.5, 0.6) is 0 Å². The fourth-order valence-corrected chi connectivity index (χ4v) is 3.17. The number of piperidine rings is 1. The normalized spacial score (nSPS) is 18.7. The van der Waals surface area contributed by atoms with Crippen molar-refractivity contribution in [3.63, 3.8) is 0 Å². The molecule has 4 nitrogen and oxygen atoms in total. The number of hydrogen-bond donors (Lipinski definition) is 0. The third-order valence-corrected chi connectivity index (χ3v) is 4.65. The van der Waals surface area contributed by atoms with E-state index in [4.69, 9.17) is 4.74 Å². The summed E-state index contributed by atoms with van der Waals surface area (Å²) in [6, 6.07) is 5.83. The minimum atomic E-state index is 0.140.